The van der Waals surface area contributed by atoms with E-state index in [0.29, 0.717) is 11.3 Å². The highest BCUT2D eigenvalue weighted by Gasteiger charge is 2.14. The molecule has 19 heavy (non-hydrogen) atoms. The molecule has 0 heterocycles. The van der Waals surface area contributed by atoms with Gasteiger partial charge >= 0.3 is 12.0 Å². The Kier molecular flexibility index (Phi) is 4.46. The van der Waals surface area contributed by atoms with Crippen LogP contribution in [0.3, 0.4) is 0 Å². The zero-order chi connectivity index (χ0) is 14.6. The summed E-state index contributed by atoms with van der Waals surface area (Å²) < 4.78 is 0. The van der Waals surface area contributed by atoms with E-state index in [-0.39, 0.29) is 5.56 Å². The number of primary amides is 1. The largest absolute Gasteiger partial charge is 0.478 e. The van der Waals surface area contributed by atoms with Gasteiger partial charge in [0.25, 0.3) is 0 Å². The SMILES string of the molecule is Cc1c(NC(=O)NC(C)C(N)=O)cccc1C(=O)O. The lowest BCUT2D eigenvalue weighted by molar-refractivity contribution is -0.119. The predicted octanol–water partition coefficient (Wildman–Crippen LogP) is 0.689. The summed E-state index contributed by atoms with van der Waals surface area (Å²) in [5, 5.41) is 13.8. The van der Waals surface area contributed by atoms with Crippen molar-refractivity contribution in [3.8, 4) is 0 Å². The molecule has 0 aliphatic heterocycles. The molecule has 5 N–H and O–H groups in total. The van der Waals surface area contributed by atoms with Crippen LogP contribution in [0.4, 0.5) is 10.5 Å². The van der Waals surface area contributed by atoms with E-state index in [1.165, 1.54) is 19.1 Å². The maximum atomic E-state index is 11.6. The predicted molar refractivity (Wildman–Crippen MR) is 68.9 cm³/mol. The van der Waals surface area contributed by atoms with Gasteiger partial charge in [-0.25, -0.2) is 9.59 Å². The molecule has 7 nitrogen and oxygen atoms in total. The van der Waals surface area contributed by atoms with E-state index in [1.807, 2.05) is 0 Å². The molecule has 0 spiro atoms. The van der Waals surface area contributed by atoms with Crippen LogP contribution in [0.1, 0.15) is 22.8 Å². The van der Waals surface area contributed by atoms with Gasteiger partial charge in [0, 0.05) is 5.69 Å². The van der Waals surface area contributed by atoms with Crippen molar-refractivity contribution in [2.75, 3.05) is 5.32 Å². The van der Waals surface area contributed by atoms with Crippen LogP contribution in [-0.4, -0.2) is 29.1 Å². The number of hydrogen-bond acceptors (Lipinski definition) is 3. The van der Waals surface area contributed by atoms with Crippen LogP contribution >= 0.6 is 0 Å². The molecule has 3 amide bonds. The molecule has 1 rings (SSSR count). The minimum atomic E-state index is -1.08. The number of benzene rings is 1. The van der Waals surface area contributed by atoms with Crippen LogP contribution < -0.4 is 16.4 Å². The van der Waals surface area contributed by atoms with Gasteiger partial charge in [-0.2, -0.15) is 0 Å². The second-order valence-electron chi connectivity index (χ2n) is 4.01. The number of urea groups is 1. The lowest BCUT2D eigenvalue weighted by Crippen LogP contribution is -2.44. The van der Waals surface area contributed by atoms with E-state index < -0.39 is 23.9 Å². The van der Waals surface area contributed by atoms with Crippen LogP contribution in [0.2, 0.25) is 0 Å². The molecule has 1 atom stereocenters. The van der Waals surface area contributed by atoms with Crippen molar-refractivity contribution >= 4 is 23.6 Å². The summed E-state index contributed by atoms with van der Waals surface area (Å²) in [4.78, 5) is 33.3. The number of nitrogens with two attached hydrogens (primary N) is 1. The van der Waals surface area contributed by atoms with E-state index in [4.69, 9.17) is 10.8 Å². The minimum absolute atomic E-state index is 0.0979. The topological polar surface area (TPSA) is 122 Å². The number of anilines is 1. The Morgan fingerprint density at radius 1 is 1.32 bits per heavy atom. The summed E-state index contributed by atoms with van der Waals surface area (Å²) in [6.45, 7) is 3.03. The molecule has 0 saturated heterocycles. The van der Waals surface area contributed by atoms with Crippen LogP contribution in [-0.2, 0) is 4.79 Å². The van der Waals surface area contributed by atoms with Crippen molar-refractivity contribution in [3.05, 3.63) is 29.3 Å². The normalized spacial score (nSPS) is 11.5. The van der Waals surface area contributed by atoms with Crippen LogP contribution in [0.15, 0.2) is 18.2 Å². The van der Waals surface area contributed by atoms with E-state index >= 15 is 0 Å². The smallest absolute Gasteiger partial charge is 0.336 e. The number of carbonyl (C=O) groups excluding carboxylic acids is 2. The average Bonchev–Trinajstić information content (AvgIpc) is 2.31. The van der Waals surface area contributed by atoms with Gasteiger partial charge in [-0.1, -0.05) is 6.07 Å². The monoisotopic (exact) mass is 265 g/mol. The fourth-order valence-corrected chi connectivity index (χ4v) is 1.43. The summed E-state index contributed by atoms with van der Waals surface area (Å²) in [6.07, 6.45) is 0. The fraction of sp³-hybridized carbons (Fsp3) is 0.250. The van der Waals surface area contributed by atoms with Gasteiger partial charge in [0.1, 0.15) is 6.04 Å². The van der Waals surface area contributed by atoms with Gasteiger partial charge in [0.15, 0.2) is 0 Å². The number of carboxylic acid groups (broad SMARTS) is 1. The third-order valence-corrected chi connectivity index (χ3v) is 2.59. The van der Waals surface area contributed by atoms with Gasteiger partial charge in [-0.05, 0) is 31.5 Å². The molecule has 0 aliphatic rings. The highest BCUT2D eigenvalue weighted by molar-refractivity contribution is 5.96. The highest BCUT2D eigenvalue weighted by Crippen LogP contribution is 2.18. The van der Waals surface area contributed by atoms with E-state index in [9.17, 15) is 14.4 Å². The summed E-state index contributed by atoms with van der Waals surface area (Å²) in [7, 11) is 0. The van der Waals surface area contributed by atoms with Crippen molar-refractivity contribution in [3.63, 3.8) is 0 Å². The summed E-state index contributed by atoms with van der Waals surface area (Å²) in [5.41, 5.74) is 5.89. The summed E-state index contributed by atoms with van der Waals surface area (Å²) >= 11 is 0. The van der Waals surface area contributed by atoms with E-state index in [2.05, 4.69) is 10.6 Å². The van der Waals surface area contributed by atoms with Crippen molar-refractivity contribution < 1.29 is 19.5 Å². The van der Waals surface area contributed by atoms with Gasteiger partial charge in [0.2, 0.25) is 5.91 Å². The Balaban J connectivity index is 2.83. The number of rotatable bonds is 4. The second-order valence-corrected chi connectivity index (χ2v) is 4.01. The first kappa shape index (κ1) is 14.5. The van der Waals surface area contributed by atoms with Gasteiger partial charge < -0.3 is 21.5 Å². The first-order valence-corrected chi connectivity index (χ1v) is 5.52. The Labute approximate surface area is 109 Å². The van der Waals surface area contributed by atoms with Crippen molar-refractivity contribution in [1.82, 2.24) is 5.32 Å². The minimum Gasteiger partial charge on any atom is -0.478 e. The second kappa shape index (κ2) is 5.85. The Morgan fingerprint density at radius 3 is 2.47 bits per heavy atom. The average molecular weight is 265 g/mol. The van der Waals surface area contributed by atoms with Crippen LogP contribution in [0.25, 0.3) is 0 Å². The molecule has 0 aliphatic carbocycles. The summed E-state index contributed by atoms with van der Waals surface area (Å²) in [5.74, 6) is -1.74. The molecule has 0 saturated carbocycles. The summed E-state index contributed by atoms with van der Waals surface area (Å²) in [6, 6.07) is 3.08. The van der Waals surface area contributed by atoms with Crippen molar-refractivity contribution in [2.45, 2.75) is 19.9 Å². The Morgan fingerprint density at radius 2 is 1.95 bits per heavy atom. The van der Waals surface area contributed by atoms with Gasteiger partial charge in [-0.15, -0.1) is 0 Å². The quantitative estimate of drug-likeness (QED) is 0.639. The number of hydrogen-bond donors (Lipinski definition) is 4. The third kappa shape index (κ3) is 3.70. The molecule has 0 aromatic heterocycles. The maximum absolute atomic E-state index is 11.6. The van der Waals surface area contributed by atoms with Crippen molar-refractivity contribution in [2.24, 2.45) is 5.73 Å². The molecule has 0 bridgehead atoms. The molecule has 1 unspecified atom stereocenters. The van der Waals surface area contributed by atoms with Crippen molar-refractivity contribution in [1.29, 1.82) is 0 Å². The number of nitrogens with one attached hydrogen (secondary N) is 2. The van der Waals surface area contributed by atoms with Crippen LogP contribution in [0.5, 0.6) is 0 Å². The zero-order valence-corrected chi connectivity index (χ0v) is 10.6. The number of carbonyl (C=O) groups is 3. The lowest BCUT2D eigenvalue weighted by atomic mass is 10.1. The van der Waals surface area contributed by atoms with Gasteiger partial charge in [-0.3, -0.25) is 4.79 Å². The third-order valence-electron chi connectivity index (χ3n) is 2.59. The standard InChI is InChI=1S/C12H15N3O4/c1-6-8(11(17)18)4-3-5-9(6)15-12(19)14-7(2)10(13)16/h3-5,7H,1-2H3,(H2,13,16)(H,17,18)(H2,14,15,19). The molecule has 7 heteroatoms. The molecule has 102 valence electrons. The number of amides is 3. The van der Waals surface area contributed by atoms with E-state index in [1.54, 1.807) is 13.0 Å². The molecule has 0 fully saturated rings. The molecule has 1 aromatic carbocycles. The molecule has 1 aromatic rings. The zero-order valence-electron chi connectivity index (χ0n) is 10.6. The molecular weight excluding hydrogens is 250 g/mol. The first-order valence-electron chi connectivity index (χ1n) is 5.52. The number of carboxylic acids is 1. The Hall–Kier alpha value is -2.57. The highest BCUT2D eigenvalue weighted by atomic mass is 16.4. The lowest BCUT2D eigenvalue weighted by Gasteiger charge is -2.13. The number of aromatic carboxylic acids is 1. The van der Waals surface area contributed by atoms with E-state index in [0.717, 1.165) is 0 Å². The Bertz CT molecular complexity index is 528. The van der Waals surface area contributed by atoms with Crippen LogP contribution in [0, 0.1) is 6.92 Å². The maximum Gasteiger partial charge on any atom is 0.336 e. The molecular formula is C12H15N3O4. The van der Waals surface area contributed by atoms with Gasteiger partial charge in [0.05, 0.1) is 5.56 Å². The first-order chi connectivity index (χ1) is 8.82. The fourth-order valence-electron chi connectivity index (χ4n) is 1.43. The molecule has 0 radical (unpaired) electrons.